The number of carbonyl (C=O) groups excluding carboxylic acids is 1. The van der Waals surface area contributed by atoms with E-state index in [1.807, 2.05) is 31.2 Å². The maximum absolute atomic E-state index is 12.7. The van der Waals surface area contributed by atoms with Gasteiger partial charge < -0.3 is 20.4 Å². The van der Waals surface area contributed by atoms with Gasteiger partial charge >= 0.3 is 18.9 Å². The van der Waals surface area contributed by atoms with Crippen molar-refractivity contribution >= 4 is 19.4 Å². The number of methoxy groups -OCH3 is 2. The zero-order chi connectivity index (χ0) is 18.1. The van der Waals surface area contributed by atoms with Gasteiger partial charge in [-0.1, -0.05) is 18.2 Å². The van der Waals surface area contributed by atoms with Gasteiger partial charge in [0.05, 0.1) is 20.8 Å². The predicted octanol–water partition coefficient (Wildman–Crippen LogP) is 0.380. The van der Waals surface area contributed by atoms with Crippen molar-refractivity contribution in [3.8, 4) is 17.2 Å². The number of rotatable bonds is 10. The van der Waals surface area contributed by atoms with Gasteiger partial charge in [0.25, 0.3) is 0 Å². The van der Waals surface area contributed by atoms with E-state index in [9.17, 15) is 4.79 Å². The molecule has 0 N–H and O–H groups in total. The van der Waals surface area contributed by atoms with Crippen molar-refractivity contribution < 1.29 is 44.0 Å². The molecule has 0 aliphatic rings. The Morgan fingerprint density at radius 3 is 2.15 bits per heavy atom. The Hall–Kier alpha value is -1.50. The van der Waals surface area contributed by atoms with Crippen molar-refractivity contribution in [2.75, 3.05) is 34.0 Å². The van der Waals surface area contributed by atoms with Crippen molar-refractivity contribution in [1.82, 2.24) is 0 Å². The largest absolute Gasteiger partial charge is 1.00 e. The maximum atomic E-state index is 12.7. The number of hydrogen-bond acceptors (Lipinski definition) is 5. The van der Waals surface area contributed by atoms with E-state index in [2.05, 4.69) is 0 Å². The molecule has 0 saturated carbocycles. The number of hydrogen-bond donors (Lipinski definition) is 0. The fourth-order valence-electron chi connectivity index (χ4n) is 2.27. The minimum atomic E-state index is -0.0284. The van der Waals surface area contributed by atoms with Gasteiger partial charge in [0.1, 0.15) is 29.4 Å². The molecule has 1 atom stereocenters. The molecule has 136 valence electrons. The zero-order valence-corrected chi connectivity index (χ0v) is 16.7. The summed E-state index contributed by atoms with van der Waals surface area (Å²) in [7, 11) is 3.06. The van der Waals surface area contributed by atoms with Crippen molar-refractivity contribution in [2.24, 2.45) is 0 Å². The van der Waals surface area contributed by atoms with Crippen molar-refractivity contribution in [1.29, 1.82) is 0 Å². The summed E-state index contributed by atoms with van der Waals surface area (Å²) in [6, 6.07) is 12.8. The van der Waals surface area contributed by atoms with Gasteiger partial charge in [-0.3, -0.25) is 4.79 Å². The van der Waals surface area contributed by atoms with Crippen LogP contribution in [0.1, 0.15) is 18.7 Å². The SMILES string of the molecule is CCOCCOc1ccc(PC(=O)c2c(OC)cccc2OC)cc1.[H-].[Li+]. The standard InChI is InChI=1S/C19H23O5P.Li.H/c1-4-23-12-13-24-14-8-10-15(11-9-14)25-19(20)18-16(21-2)6-5-7-17(18)22-3;;/h5-11,25H,4,12-13H2,1-3H3;;/q;+1;-1. The summed E-state index contributed by atoms with van der Waals surface area (Å²) in [5, 5.41) is 0.926. The van der Waals surface area contributed by atoms with Gasteiger partial charge in [-0.05, 0) is 45.1 Å². The van der Waals surface area contributed by atoms with Crippen LogP contribution in [0.25, 0.3) is 0 Å². The first kappa shape index (κ1) is 22.5. The second-order valence-corrected chi connectivity index (χ2v) is 6.34. The smallest absolute Gasteiger partial charge is 1.00 e. The summed E-state index contributed by atoms with van der Waals surface area (Å²) in [6.07, 6.45) is 0. The van der Waals surface area contributed by atoms with E-state index in [1.165, 1.54) is 0 Å². The Kier molecular flexibility index (Phi) is 10.4. The van der Waals surface area contributed by atoms with Crippen molar-refractivity contribution in [3.63, 3.8) is 0 Å². The fourth-order valence-corrected chi connectivity index (χ4v) is 3.23. The van der Waals surface area contributed by atoms with Crippen LogP contribution in [-0.2, 0) is 4.74 Å². The van der Waals surface area contributed by atoms with Gasteiger partial charge in [-0.2, -0.15) is 0 Å². The zero-order valence-electron chi connectivity index (χ0n) is 16.7. The number of benzene rings is 2. The van der Waals surface area contributed by atoms with Crippen LogP contribution in [0.4, 0.5) is 0 Å². The summed E-state index contributed by atoms with van der Waals surface area (Å²) in [5.74, 6) is 1.80. The first-order valence-electron chi connectivity index (χ1n) is 8.02. The molecule has 0 aliphatic heterocycles. The predicted molar refractivity (Wildman–Crippen MR) is 101 cm³/mol. The molecule has 7 heteroatoms. The Bertz CT molecular complexity index is 675. The summed E-state index contributed by atoms with van der Waals surface area (Å²) in [6.45, 7) is 3.69. The summed E-state index contributed by atoms with van der Waals surface area (Å²) < 4.78 is 21.4. The Labute approximate surface area is 169 Å². The molecule has 0 saturated heterocycles. The molecular formula is C19H24LiO5P. The van der Waals surface area contributed by atoms with Gasteiger partial charge in [0, 0.05) is 6.61 Å². The second kappa shape index (κ2) is 12.0. The van der Waals surface area contributed by atoms with E-state index >= 15 is 0 Å². The topological polar surface area (TPSA) is 54.0 Å². The summed E-state index contributed by atoms with van der Waals surface area (Å²) in [4.78, 5) is 12.7. The van der Waals surface area contributed by atoms with Gasteiger partial charge in [0.15, 0.2) is 5.52 Å². The van der Waals surface area contributed by atoms with Crippen LogP contribution in [0.15, 0.2) is 42.5 Å². The molecule has 26 heavy (non-hydrogen) atoms. The molecule has 2 aromatic rings. The van der Waals surface area contributed by atoms with E-state index in [4.69, 9.17) is 18.9 Å². The molecule has 0 radical (unpaired) electrons. The monoisotopic (exact) mass is 370 g/mol. The molecule has 1 unspecified atom stereocenters. The van der Waals surface area contributed by atoms with Crippen LogP contribution in [0, 0.1) is 0 Å². The minimum Gasteiger partial charge on any atom is -1.00 e. The normalized spacial score (nSPS) is 10.4. The van der Waals surface area contributed by atoms with Crippen LogP contribution < -0.4 is 38.4 Å². The molecule has 0 aliphatic carbocycles. The van der Waals surface area contributed by atoms with Gasteiger partial charge in [-0.25, -0.2) is 0 Å². The molecule has 0 spiro atoms. The summed E-state index contributed by atoms with van der Waals surface area (Å²) in [5.41, 5.74) is 0.446. The van der Waals surface area contributed by atoms with E-state index in [0.29, 0.717) is 36.9 Å². The minimum absolute atomic E-state index is 0. The third-order valence-electron chi connectivity index (χ3n) is 3.47. The van der Waals surface area contributed by atoms with Crippen LogP contribution in [0.3, 0.4) is 0 Å². The summed E-state index contributed by atoms with van der Waals surface area (Å²) >= 11 is 0. The van der Waals surface area contributed by atoms with Gasteiger partial charge in [-0.15, -0.1) is 0 Å². The fraction of sp³-hybridized carbons (Fsp3) is 0.316. The molecule has 2 rings (SSSR count). The van der Waals surface area contributed by atoms with Crippen LogP contribution >= 0.6 is 8.58 Å². The molecule has 0 aromatic heterocycles. The number of ether oxygens (including phenoxy) is 4. The quantitative estimate of drug-likeness (QED) is 0.344. The van der Waals surface area contributed by atoms with Crippen molar-refractivity contribution in [2.45, 2.75) is 6.92 Å². The van der Waals surface area contributed by atoms with Crippen molar-refractivity contribution in [3.05, 3.63) is 48.0 Å². The average molecular weight is 370 g/mol. The van der Waals surface area contributed by atoms with Gasteiger partial charge in [0.2, 0.25) is 0 Å². The molecule has 0 amide bonds. The molecule has 0 heterocycles. The Morgan fingerprint density at radius 2 is 1.62 bits per heavy atom. The van der Waals surface area contributed by atoms with Crippen LogP contribution in [0.5, 0.6) is 17.2 Å². The maximum Gasteiger partial charge on any atom is 1.00 e. The molecular weight excluding hydrogens is 346 g/mol. The van der Waals surface area contributed by atoms with E-state index in [-0.39, 0.29) is 34.4 Å². The molecule has 2 aromatic carbocycles. The third-order valence-corrected chi connectivity index (χ3v) is 4.57. The van der Waals surface area contributed by atoms with E-state index in [1.54, 1.807) is 32.4 Å². The van der Waals surface area contributed by atoms with E-state index in [0.717, 1.165) is 11.1 Å². The first-order chi connectivity index (χ1) is 12.2. The molecule has 5 nitrogen and oxygen atoms in total. The first-order valence-corrected chi connectivity index (χ1v) is 9.02. The average Bonchev–Trinajstić information content (AvgIpc) is 2.65. The van der Waals surface area contributed by atoms with Crippen LogP contribution in [0.2, 0.25) is 0 Å². The second-order valence-electron chi connectivity index (χ2n) is 5.06. The Balaban J connectivity index is 0.00000338. The molecule has 0 fully saturated rings. The third kappa shape index (κ3) is 6.34. The molecule has 0 bridgehead atoms. The van der Waals surface area contributed by atoms with Crippen LogP contribution in [-0.4, -0.2) is 39.6 Å². The Morgan fingerprint density at radius 1 is 1.00 bits per heavy atom. The van der Waals surface area contributed by atoms with E-state index < -0.39 is 0 Å². The number of carbonyl (C=O) groups is 1.